The quantitative estimate of drug-likeness (QED) is 0.234. The highest BCUT2D eigenvalue weighted by Gasteiger charge is 2.03. The number of guanidine groups is 1. The van der Waals surface area contributed by atoms with Gasteiger partial charge in [-0.3, -0.25) is 4.99 Å². The molecule has 1 heterocycles. The molecule has 0 aliphatic rings. The van der Waals surface area contributed by atoms with Crippen LogP contribution in [-0.4, -0.2) is 31.1 Å². The molecule has 0 aliphatic carbocycles. The number of ether oxygens (including phenoxy) is 1. The minimum Gasteiger partial charge on any atom is -0.380 e. The number of aliphatic imine (C=N–C) groups is 1. The van der Waals surface area contributed by atoms with Gasteiger partial charge in [0.25, 0.3) is 0 Å². The molecular formula is C16H20Cl2IN5O. The standard InChI is InChI=1S/C16H19Cl2N5O.HI/c1-24-10-11-4-2-3-5-14(11)23-16(19)21-7-6-20-15-13(18)8-12(17)9-22-15;/h2-5,8-9H,6-7,10H2,1H3,(H,20,22)(H3,19,21,23);1H. The highest BCUT2D eigenvalue weighted by atomic mass is 127. The van der Waals surface area contributed by atoms with Gasteiger partial charge in [0, 0.05) is 31.1 Å². The smallest absolute Gasteiger partial charge is 0.193 e. The predicted molar refractivity (Wildman–Crippen MR) is 115 cm³/mol. The molecule has 0 saturated heterocycles. The summed E-state index contributed by atoms with van der Waals surface area (Å²) in [4.78, 5) is 8.38. The highest BCUT2D eigenvalue weighted by molar-refractivity contribution is 14.0. The Morgan fingerprint density at radius 3 is 2.80 bits per heavy atom. The van der Waals surface area contributed by atoms with E-state index >= 15 is 0 Å². The number of nitrogens with two attached hydrogens (primary N) is 1. The second kappa shape index (κ2) is 11.3. The van der Waals surface area contributed by atoms with Gasteiger partial charge in [-0.1, -0.05) is 41.4 Å². The van der Waals surface area contributed by atoms with Gasteiger partial charge in [0.15, 0.2) is 5.96 Å². The summed E-state index contributed by atoms with van der Waals surface area (Å²) < 4.78 is 5.16. The lowest BCUT2D eigenvalue weighted by atomic mass is 10.2. The van der Waals surface area contributed by atoms with E-state index in [1.165, 1.54) is 6.20 Å². The van der Waals surface area contributed by atoms with Crippen molar-refractivity contribution in [2.75, 3.05) is 30.8 Å². The maximum atomic E-state index is 6.03. The van der Waals surface area contributed by atoms with Crippen LogP contribution in [0.25, 0.3) is 0 Å². The molecule has 1 aromatic carbocycles. The molecule has 0 spiro atoms. The van der Waals surface area contributed by atoms with Crippen LogP contribution in [0.3, 0.4) is 0 Å². The Balaban J connectivity index is 0.00000312. The molecule has 6 nitrogen and oxygen atoms in total. The molecule has 0 unspecified atom stereocenters. The first-order valence-corrected chi connectivity index (χ1v) is 8.04. The zero-order chi connectivity index (χ0) is 17.4. The lowest BCUT2D eigenvalue weighted by Gasteiger charge is -2.11. The Morgan fingerprint density at radius 1 is 1.32 bits per heavy atom. The number of nitrogens with zero attached hydrogens (tertiary/aromatic N) is 2. The Hall–Kier alpha value is -1.29. The summed E-state index contributed by atoms with van der Waals surface area (Å²) in [7, 11) is 1.65. The zero-order valence-electron chi connectivity index (χ0n) is 13.6. The van der Waals surface area contributed by atoms with Gasteiger partial charge in [-0.05, 0) is 12.1 Å². The Morgan fingerprint density at radius 2 is 2.08 bits per heavy atom. The van der Waals surface area contributed by atoms with Crippen molar-refractivity contribution in [3.63, 3.8) is 0 Å². The molecule has 0 radical (unpaired) electrons. The van der Waals surface area contributed by atoms with Crippen LogP contribution in [0.5, 0.6) is 0 Å². The number of hydrogen-bond acceptors (Lipinski definition) is 4. The van der Waals surface area contributed by atoms with Crippen molar-refractivity contribution in [1.82, 2.24) is 4.98 Å². The van der Waals surface area contributed by atoms with E-state index in [2.05, 4.69) is 20.6 Å². The van der Waals surface area contributed by atoms with E-state index in [0.29, 0.717) is 41.5 Å². The van der Waals surface area contributed by atoms with E-state index in [9.17, 15) is 0 Å². The number of aromatic nitrogens is 1. The SMILES string of the molecule is COCc1ccccc1NC(N)=NCCNc1ncc(Cl)cc1Cl.I. The van der Waals surface area contributed by atoms with Gasteiger partial charge in [0.1, 0.15) is 5.82 Å². The van der Waals surface area contributed by atoms with Gasteiger partial charge in [0.2, 0.25) is 0 Å². The molecule has 0 saturated carbocycles. The van der Waals surface area contributed by atoms with E-state index in [1.54, 1.807) is 13.2 Å². The summed E-state index contributed by atoms with van der Waals surface area (Å²) >= 11 is 11.8. The number of nitrogens with one attached hydrogen (secondary N) is 2. The van der Waals surface area contributed by atoms with Crippen LogP contribution >= 0.6 is 47.2 Å². The zero-order valence-corrected chi connectivity index (χ0v) is 17.5. The normalized spacial score (nSPS) is 10.9. The fourth-order valence-corrected chi connectivity index (χ4v) is 2.44. The summed E-state index contributed by atoms with van der Waals surface area (Å²) in [6, 6.07) is 9.38. The molecule has 2 aromatic rings. The Bertz CT molecular complexity index is 715. The van der Waals surface area contributed by atoms with Crippen molar-refractivity contribution in [3.05, 3.63) is 52.1 Å². The fraction of sp³-hybridized carbons (Fsp3) is 0.250. The van der Waals surface area contributed by atoms with Crippen LogP contribution in [0.2, 0.25) is 10.0 Å². The van der Waals surface area contributed by atoms with Gasteiger partial charge in [-0.15, -0.1) is 24.0 Å². The van der Waals surface area contributed by atoms with Crippen molar-refractivity contribution >= 4 is 64.6 Å². The first kappa shape index (κ1) is 21.8. The van der Waals surface area contributed by atoms with E-state index in [1.807, 2.05) is 24.3 Å². The molecule has 2 rings (SSSR count). The number of halogens is 3. The molecule has 136 valence electrons. The lowest BCUT2D eigenvalue weighted by Crippen LogP contribution is -2.24. The maximum Gasteiger partial charge on any atom is 0.193 e. The third-order valence-electron chi connectivity index (χ3n) is 3.07. The van der Waals surface area contributed by atoms with Crippen molar-refractivity contribution in [2.24, 2.45) is 10.7 Å². The Kier molecular flexibility index (Phi) is 9.88. The van der Waals surface area contributed by atoms with Crippen LogP contribution in [-0.2, 0) is 11.3 Å². The average molecular weight is 496 g/mol. The molecular weight excluding hydrogens is 476 g/mol. The third-order valence-corrected chi connectivity index (χ3v) is 3.57. The number of hydrogen-bond donors (Lipinski definition) is 3. The van der Waals surface area contributed by atoms with E-state index in [0.717, 1.165) is 11.3 Å². The van der Waals surface area contributed by atoms with Crippen LogP contribution < -0.4 is 16.4 Å². The topological polar surface area (TPSA) is 84.6 Å². The summed E-state index contributed by atoms with van der Waals surface area (Å²) in [6.07, 6.45) is 1.53. The predicted octanol–water partition coefficient (Wildman–Crippen LogP) is 3.99. The number of anilines is 2. The van der Waals surface area contributed by atoms with E-state index in [4.69, 9.17) is 33.7 Å². The van der Waals surface area contributed by atoms with Crippen molar-refractivity contribution < 1.29 is 4.74 Å². The summed E-state index contributed by atoms with van der Waals surface area (Å²) in [5.41, 5.74) is 7.79. The van der Waals surface area contributed by atoms with Crippen LogP contribution in [0.1, 0.15) is 5.56 Å². The van der Waals surface area contributed by atoms with Gasteiger partial charge < -0.3 is 21.1 Å². The minimum absolute atomic E-state index is 0. The molecule has 1 aromatic heterocycles. The first-order chi connectivity index (χ1) is 11.6. The molecule has 0 atom stereocenters. The third kappa shape index (κ3) is 7.23. The fourth-order valence-electron chi connectivity index (χ4n) is 2.00. The minimum atomic E-state index is 0. The summed E-state index contributed by atoms with van der Waals surface area (Å²) in [6.45, 7) is 1.50. The van der Waals surface area contributed by atoms with Gasteiger partial charge in [-0.2, -0.15) is 0 Å². The molecule has 25 heavy (non-hydrogen) atoms. The molecule has 0 amide bonds. The van der Waals surface area contributed by atoms with Gasteiger partial charge >= 0.3 is 0 Å². The van der Waals surface area contributed by atoms with E-state index in [-0.39, 0.29) is 24.0 Å². The molecule has 4 N–H and O–H groups in total. The number of pyridine rings is 1. The molecule has 0 aliphatic heterocycles. The van der Waals surface area contributed by atoms with Crippen LogP contribution in [0.15, 0.2) is 41.5 Å². The van der Waals surface area contributed by atoms with Crippen molar-refractivity contribution in [2.45, 2.75) is 6.61 Å². The maximum absolute atomic E-state index is 6.03. The molecule has 9 heteroatoms. The van der Waals surface area contributed by atoms with Crippen molar-refractivity contribution in [1.29, 1.82) is 0 Å². The Labute approximate surface area is 174 Å². The molecule has 0 fully saturated rings. The van der Waals surface area contributed by atoms with Gasteiger partial charge in [-0.25, -0.2) is 4.98 Å². The van der Waals surface area contributed by atoms with Crippen molar-refractivity contribution in [3.8, 4) is 0 Å². The number of para-hydroxylation sites is 1. The second-order valence-electron chi connectivity index (χ2n) is 4.89. The summed E-state index contributed by atoms with van der Waals surface area (Å²) in [5, 5.41) is 7.11. The largest absolute Gasteiger partial charge is 0.380 e. The first-order valence-electron chi connectivity index (χ1n) is 7.29. The van der Waals surface area contributed by atoms with Gasteiger partial charge in [0.05, 0.1) is 23.2 Å². The number of methoxy groups -OCH3 is 1. The lowest BCUT2D eigenvalue weighted by molar-refractivity contribution is 0.185. The van der Waals surface area contributed by atoms with Crippen LogP contribution in [0.4, 0.5) is 11.5 Å². The monoisotopic (exact) mass is 495 g/mol. The number of rotatable bonds is 7. The van der Waals surface area contributed by atoms with E-state index < -0.39 is 0 Å². The van der Waals surface area contributed by atoms with Crippen LogP contribution in [0, 0.1) is 0 Å². The second-order valence-corrected chi connectivity index (χ2v) is 5.74. The highest BCUT2D eigenvalue weighted by Crippen LogP contribution is 2.22. The average Bonchev–Trinajstić information content (AvgIpc) is 2.55. The molecule has 0 bridgehead atoms. The summed E-state index contributed by atoms with van der Waals surface area (Å²) in [5.74, 6) is 0.892. The number of benzene rings is 1.